The van der Waals surface area contributed by atoms with Gasteiger partial charge in [-0.15, -0.1) is 0 Å². The van der Waals surface area contributed by atoms with Crippen LogP contribution >= 0.6 is 0 Å². The number of aliphatic hydroxyl groups is 1. The zero-order valence-corrected chi connectivity index (χ0v) is 22.7. The number of aliphatic hydroxyl groups excluding tert-OH is 1. The number of rotatable bonds is 11. The highest BCUT2D eigenvalue weighted by atomic mass is 16.6. The molecule has 1 aliphatic heterocycles. The van der Waals surface area contributed by atoms with Gasteiger partial charge in [-0.25, -0.2) is 0 Å². The van der Waals surface area contributed by atoms with Crippen molar-refractivity contribution in [1.82, 2.24) is 0 Å². The minimum Gasteiger partial charge on any atom is -0.497 e. The zero-order chi connectivity index (χ0) is 27.1. The molecule has 202 valence electrons. The maximum Gasteiger partial charge on any atom is 0.156 e. The normalized spacial score (nSPS) is 19.4. The SMILES string of the molecule is COc1cccc([C@H]2Oc3ccc(OC)cc3C(=NOC[C@@H](C)[C@H](OCc3ccccc3)C(C)C)[C@H]2O)c1. The van der Waals surface area contributed by atoms with Crippen molar-refractivity contribution >= 4 is 5.71 Å². The molecule has 7 heteroatoms. The first-order valence-corrected chi connectivity index (χ1v) is 12.9. The number of hydrogen-bond acceptors (Lipinski definition) is 7. The number of benzene rings is 3. The van der Waals surface area contributed by atoms with Crippen molar-refractivity contribution in [3.8, 4) is 17.2 Å². The first kappa shape index (κ1) is 27.5. The first-order chi connectivity index (χ1) is 18.4. The highest BCUT2D eigenvalue weighted by Crippen LogP contribution is 2.38. The van der Waals surface area contributed by atoms with Gasteiger partial charge in [-0.3, -0.25) is 0 Å². The Labute approximate surface area is 224 Å². The summed E-state index contributed by atoms with van der Waals surface area (Å²) >= 11 is 0. The molecule has 0 bridgehead atoms. The fraction of sp³-hybridized carbons (Fsp3) is 0.387. The van der Waals surface area contributed by atoms with Gasteiger partial charge in [0.2, 0.25) is 0 Å². The molecule has 1 aliphatic rings. The second kappa shape index (κ2) is 12.8. The Kier molecular flexibility index (Phi) is 9.26. The van der Waals surface area contributed by atoms with Gasteiger partial charge in [0.1, 0.15) is 35.7 Å². The van der Waals surface area contributed by atoms with Crippen LogP contribution < -0.4 is 14.2 Å². The molecule has 1 heterocycles. The van der Waals surface area contributed by atoms with Crippen molar-refractivity contribution in [3.63, 3.8) is 0 Å². The Morgan fingerprint density at radius 1 is 0.895 bits per heavy atom. The Morgan fingerprint density at radius 3 is 2.34 bits per heavy atom. The largest absolute Gasteiger partial charge is 0.497 e. The van der Waals surface area contributed by atoms with Crippen LogP contribution in [0.1, 0.15) is 43.6 Å². The van der Waals surface area contributed by atoms with Crippen molar-refractivity contribution in [3.05, 3.63) is 89.5 Å². The lowest BCUT2D eigenvalue weighted by Crippen LogP contribution is -2.37. The predicted octanol–water partition coefficient (Wildman–Crippen LogP) is 5.80. The fourth-order valence-electron chi connectivity index (χ4n) is 4.71. The van der Waals surface area contributed by atoms with Gasteiger partial charge in [0.15, 0.2) is 6.10 Å². The number of ether oxygens (including phenoxy) is 4. The fourth-order valence-corrected chi connectivity index (χ4v) is 4.71. The number of oxime groups is 1. The van der Waals surface area contributed by atoms with E-state index in [1.54, 1.807) is 20.3 Å². The molecule has 1 N–H and O–H groups in total. The van der Waals surface area contributed by atoms with Crippen molar-refractivity contribution in [2.45, 2.75) is 45.7 Å². The van der Waals surface area contributed by atoms with Gasteiger partial charge in [-0.05, 0) is 47.4 Å². The number of fused-ring (bicyclic) bond motifs is 1. The monoisotopic (exact) mass is 519 g/mol. The van der Waals surface area contributed by atoms with E-state index in [9.17, 15) is 5.11 Å². The lowest BCUT2D eigenvalue weighted by molar-refractivity contribution is -0.0487. The maximum absolute atomic E-state index is 11.4. The molecule has 7 nitrogen and oxygen atoms in total. The molecule has 0 spiro atoms. The van der Waals surface area contributed by atoms with E-state index in [0.717, 1.165) is 11.1 Å². The average molecular weight is 520 g/mol. The summed E-state index contributed by atoms with van der Waals surface area (Å²) in [5.74, 6) is 2.26. The zero-order valence-electron chi connectivity index (χ0n) is 22.7. The highest BCUT2D eigenvalue weighted by molar-refractivity contribution is 6.07. The smallest absolute Gasteiger partial charge is 0.156 e. The van der Waals surface area contributed by atoms with Gasteiger partial charge >= 0.3 is 0 Å². The van der Waals surface area contributed by atoms with Crippen LogP contribution in [0.25, 0.3) is 0 Å². The van der Waals surface area contributed by atoms with Gasteiger partial charge in [-0.1, -0.05) is 68.4 Å². The minimum atomic E-state index is -1.06. The Bertz CT molecular complexity index is 1210. The van der Waals surface area contributed by atoms with E-state index in [2.05, 4.69) is 38.1 Å². The van der Waals surface area contributed by atoms with Crippen LogP contribution in [0.15, 0.2) is 78.0 Å². The standard InChI is InChI=1S/C31H37NO6/c1-20(2)30(36-19-22-10-7-6-8-11-22)21(3)18-37-32-28-26-17-25(35-5)14-15-27(26)38-31(29(28)33)23-12-9-13-24(16-23)34-4/h6-17,20-21,29-31,33H,18-19H2,1-5H3/t21-,29-,30-,31-/m1/s1. The molecule has 3 aromatic rings. The Balaban J connectivity index is 1.53. The van der Waals surface area contributed by atoms with E-state index in [-0.39, 0.29) is 12.0 Å². The third-order valence-corrected chi connectivity index (χ3v) is 6.71. The predicted molar refractivity (Wildman–Crippen MR) is 147 cm³/mol. The average Bonchev–Trinajstić information content (AvgIpc) is 2.94. The summed E-state index contributed by atoms with van der Waals surface area (Å²) in [6.45, 7) is 7.24. The molecule has 0 saturated heterocycles. The van der Waals surface area contributed by atoms with Gasteiger partial charge in [0.05, 0.1) is 26.9 Å². The summed E-state index contributed by atoms with van der Waals surface area (Å²) in [4.78, 5) is 5.87. The van der Waals surface area contributed by atoms with E-state index in [4.69, 9.17) is 23.8 Å². The van der Waals surface area contributed by atoms with E-state index >= 15 is 0 Å². The summed E-state index contributed by atoms with van der Waals surface area (Å²) in [5, 5.41) is 15.8. The van der Waals surface area contributed by atoms with Crippen LogP contribution in [0.5, 0.6) is 17.2 Å². The van der Waals surface area contributed by atoms with Gasteiger partial charge in [0, 0.05) is 11.5 Å². The molecule has 0 radical (unpaired) electrons. The van der Waals surface area contributed by atoms with Gasteiger partial charge < -0.3 is 28.9 Å². The van der Waals surface area contributed by atoms with Crippen LogP contribution in [0.3, 0.4) is 0 Å². The third-order valence-electron chi connectivity index (χ3n) is 6.71. The Morgan fingerprint density at radius 2 is 1.63 bits per heavy atom. The van der Waals surface area contributed by atoms with Crippen LogP contribution in [0.4, 0.5) is 0 Å². The molecule has 0 aromatic heterocycles. The molecule has 38 heavy (non-hydrogen) atoms. The summed E-state index contributed by atoms with van der Waals surface area (Å²) in [6.07, 6.45) is -1.76. The Hall–Kier alpha value is -3.55. The number of methoxy groups -OCH3 is 2. The molecule has 4 rings (SSSR count). The van der Waals surface area contributed by atoms with E-state index in [1.165, 1.54) is 0 Å². The summed E-state index contributed by atoms with van der Waals surface area (Å²) in [7, 11) is 3.20. The molecular formula is C31H37NO6. The second-order valence-corrected chi connectivity index (χ2v) is 9.88. The summed E-state index contributed by atoms with van der Waals surface area (Å²) < 4.78 is 23.3. The van der Waals surface area contributed by atoms with Crippen molar-refractivity contribution in [1.29, 1.82) is 0 Å². The number of nitrogens with zero attached hydrogens (tertiary/aromatic N) is 1. The van der Waals surface area contributed by atoms with Crippen molar-refractivity contribution < 1.29 is 28.9 Å². The molecule has 0 fully saturated rings. The molecule has 0 unspecified atom stereocenters. The molecular weight excluding hydrogens is 482 g/mol. The molecule has 4 atom stereocenters. The quantitative estimate of drug-likeness (QED) is 0.323. The minimum absolute atomic E-state index is 0.0214. The van der Waals surface area contributed by atoms with E-state index in [0.29, 0.717) is 47.7 Å². The summed E-state index contributed by atoms with van der Waals surface area (Å²) in [5.41, 5.74) is 2.92. The maximum atomic E-state index is 11.4. The second-order valence-electron chi connectivity index (χ2n) is 9.88. The van der Waals surface area contributed by atoms with E-state index < -0.39 is 12.2 Å². The van der Waals surface area contributed by atoms with Crippen LogP contribution in [0.2, 0.25) is 0 Å². The van der Waals surface area contributed by atoms with Gasteiger partial charge in [0.25, 0.3) is 0 Å². The molecule has 3 aromatic carbocycles. The van der Waals surface area contributed by atoms with Crippen molar-refractivity contribution in [2.24, 2.45) is 17.0 Å². The van der Waals surface area contributed by atoms with E-state index in [1.807, 2.05) is 54.6 Å². The summed E-state index contributed by atoms with van der Waals surface area (Å²) in [6, 6.07) is 23.0. The topological polar surface area (TPSA) is 78.7 Å². The lowest BCUT2D eigenvalue weighted by atomic mass is 9.92. The van der Waals surface area contributed by atoms with Crippen LogP contribution in [0, 0.1) is 11.8 Å². The molecule has 0 aliphatic carbocycles. The van der Waals surface area contributed by atoms with Crippen molar-refractivity contribution in [2.75, 3.05) is 20.8 Å². The highest BCUT2D eigenvalue weighted by Gasteiger charge is 2.36. The van der Waals surface area contributed by atoms with Crippen LogP contribution in [-0.4, -0.2) is 43.9 Å². The third kappa shape index (κ3) is 6.47. The van der Waals surface area contributed by atoms with Crippen LogP contribution in [-0.2, 0) is 16.2 Å². The number of hydrogen-bond donors (Lipinski definition) is 1. The van der Waals surface area contributed by atoms with Gasteiger partial charge in [-0.2, -0.15) is 0 Å². The first-order valence-electron chi connectivity index (χ1n) is 12.9. The molecule has 0 saturated carbocycles. The molecule has 0 amide bonds. The lowest BCUT2D eigenvalue weighted by Gasteiger charge is -2.32.